The van der Waals surface area contributed by atoms with Gasteiger partial charge in [-0.25, -0.2) is 0 Å². The molecular formula is C20H37N3. The van der Waals surface area contributed by atoms with Crippen LogP contribution in [0.1, 0.15) is 58.8 Å². The number of hydrogen-bond donors (Lipinski definition) is 1. The van der Waals surface area contributed by atoms with Gasteiger partial charge in [-0.2, -0.15) is 0 Å². The quantitative estimate of drug-likeness (QED) is 0.845. The molecule has 0 amide bonds. The first kappa shape index (κ1) is 16.4. The van der Waals surface area contributed by atoms with E-state index in [1.807, 2.05) is 0 Å². The van der Waals surface area contributed by atoms with Gasteiger partial charge in [-0.1, -0.05) is 26.7 Å². The standard InChI is InChI=1S/C20H37N3/c1-14(2)12-23-13-17-15-7-9-22(10-8-15)20(17)19(23)11-18(21)16-5-3-4-6-16/h14-20H,3-13,21H2,1-2H3. The van der Waals surface area contributed by atoms with E-state index in [1.165, 1.54) is 71.1 Å². The summed E-state index contributed by atoms with van der Waals surface area (Å²) in [5, 5.41) is 0. The third kappa shape index (κ3) is 3.09. The van der Waals surface area contributed by atoms with Gasteiger partial charge >= 0.3 is 0 Å². The fourth-order valence-electron chi connectivity index (χ4n) is 6.43. The van der Waals surface area contributed by atoms with Crippen LogP contribution in [0.15, 0.2) is 0 Å². The van der Waals surface area contributed by atoms with Crippen molar-refractivity contribution >= 4 is 0 Å². The highest BCUT2D eigenvalue weighted by molar-refractivity contribution is 5.07. The predicted molar refractivity (Wildman–Crippen MR) is 96.3 cm³/mol. The lowest BCUT2D eigenvalue weighted by atomic mass is 9.73. The molecule has 1 saturated carbocycles. The van der Waals surface area contributed by atoms with Crippen LogP contribution in [0, 0.1) is 23.7 Å². The van der Waals surface area contributed by atoms with Crippen molar-refractivity contribution in [1.29, 1.82) is 0 Å². The Balaban J connectivity index is 1.50. The van der Waals surface area contributed by atoms with E-state index in [-0.39, 0.29) is 0 Å². The topological polar surface area (TPSA) is 32.5 Å². The van der Waals surface area contributed by atoms with Gasteiger partial charge in [0.1, 0.15) is 0 Å². The molecule has 23 heavy (non-hydrogen) atoms. The summed E-state index contributed by atoms with van der Waals surface area (Å²) in [5.74, 6) is 3.53. The molecule has 0 aromatic rings. The molecule has 3 nitrogen and oxygen atoms in total. The van der Waals surface area contributed by atoms with E-state index in [4.69, 9.17) is 5.73 Å². The molecule has 5 aliphatic rings. The molecule has 0 aromatic carbocycles. The summed E-state index contributed by atoms with van der Waals surface area (Å²) < 4.78 is 0. The molecule has 4 saturated heterocycles. The van der Waals surface area contributed by atoms with Crippen LogP contribution in [0.5, 0.6) is 0 Å². The Hall–Kier alpha value is -0.120. The van der Waals surface area contributed by atoms with E-state index in [2.05, 4.69) is 23.6 Å². The fraction of sp³-hybridized carbons (Fsp3) is 1.00. The van der Waals surface area contributed by atoms with Gasteiger partial charge in [0, 0.05) is 31.2 Å². The van der Waals surface area contributed by atoms with Crippen molar-refractivity contribution in [3.63, 3.8) is 0 Å². The number of hydrogen-bond acceptors (Lipinski definition) is 3. The molecule has 0 radical (unpaired) electrons. The minimum absolute atomic E-state index is 0.442. The Labute approximate surface area is 143 Å². The summed E-state index contributed by atoms with van der Waals surface area (Å²) in [6.45, 7) is 10.1. The summed E-state index contributed by atoms with van der Waals surface area (Å²) >= 11 is 0. The van der Waals surface area contributed by atoms with Crippen molar-refractivity contribution in [1.82, 2.24) is 9.80 Å². The summed E-state index contributed by atoms with van der Waals surface area (Å²) in [6, 6.07) is 2.01. The Bertz CT molecular complexity index is 396. The van der Waals surface area contributed by atoms with Crippen molar-refractivity contribution < 1.29 is 0 Å². The van der Waals surface area contributed by atoms with Gasteiger partial charge < -0.3 is 5.73 Å². The molecule has 4 unspecified atom stereocenters. The summed E-state index contributed by atoms with van der Waals surface area (Å²) in [7, 11) is 0. The second kappa shape index (κ2) is 6.65. The maximum Gasteiger partial charge on any atom is 0.0295 e. The second-order valence-electron chi connectivity index (χ2n) is 9.39. The smallest absolute Gasteiger partial charge is 0.0295 e. The molecule has 0 spiro atoms. The van der Waals surface area contributed by atoms with Gasteiger partial charge in [0.25, 0.3) is 0 Å². The summed E-state index contributed by atoms with van der Waals surface area (Å²) in [4.78, 5) is 5.70. The lowest BCUT2D eigenvalue weighted by Crippen LogP contribution is -2.58. The zero-order valence-electron chi connectivity index (χ0n) is 15.3. The minimum atomic E-state index is 0.442. The Morgan fingerprint density at radius 1 is 1.04 bits per heavy atom. The van der Waals surface area contributed by atoms with Gasteiger partial charge in [-0.3, -0.25) is 9.80 Å². The average molecular weight is 320 g/mol. The molecule has 132 valence electrons. The number of nitrogens with two attached hydrogens (primary N) is 1. The normalized spacial score (nSPS) is 42.5. The predicted octanol–water partition coefficient (Wildman–Crippen LogP) is 2.94. The van der Waals surface area contributed by atoms with E-state index in [0.717, 1.165) is 35.8 Å². The van der Waals surface area contributed by atoms with Crippen molar-refractivity contribution in [2.75, 3.05) is 26.2 Å². The Morgan fingerprint density at radius 2 is 1.74 bits per heavy atom. The summed E-state index contributed by atoms with van der Waals surface area (Å²) in [5.41, 5.74) is 6.73. The summed E-state index contributed by atoms with van der Waals surface area (Å²) in [6.07, 6.45) is 9.77. The van der Waals surface area contributed by atoms with E-state index in [0.29, 0.717) is 6.04 Å². The lowest BCUT2D eigenvalue weighted by molar-refractivity contribution is 0.000317. The van der Waals surface area contributed by atoms with E-state index >= 15 is 0 Å². The maximum absolute atomic E-state index is 6.73. The van der Waals surface area contributed by atoms with E-state index < -0.39 is 0 Å². The second-order valence-corrected chi connectivity index (χ2v) is 9.39. The van der Waals surface area contributed by atoms with Crippen LogP contribution in [-0.2, 0) is 0 Å². The van der Waals surface area contributed by atoms with E-state index in [9.17, 15) is 0 Å². The van der Waals surface area contributed by atoms with Crippen molar-refractivity contribution in [3.8, 4) is 0 Å². The molecule has 2 N–H and O–H groups in total. The van der Waals surface area contributed by atoms with Gasteiger partial charge in [-0.15, -0.1) is 0 Å². The van der Waals surface area contributed by atoms with Crippen LogP contribution in [0.3, 0.4) is 0 Å². The number of likely N-dealkylation sites (tertiary alicyclic amines) is 1. The molecule has 4 heterocycles. The average Bonchev–Trinajstić information content (AvgIpc) is 3.17. The first-order valence-corrected chi connectivity index (χ1v) is 10.4. The molecule has 2 bridgehead atoms. The highest BCUT2D eigenvalue weighted by atomic mass is 15.3. The van der Waals surface area contributed by atoms with Crippen molar-refractivity contribution in [2.45, 2.75) is 76.9 Å². The molecule has 4 aliphatic heterocycles. The first-order valence-electron chi connectivity index (χ1n) is 10.4. The van der Waals surface area contributed by atoms with Crippen LogP contribution < -0.4 is 5.73 Å². The lowest BCUT2D eigenvalue weighted by Gasteiger charge is -2.50. The molecule has 4 atom stereocenters. The third-order valence-electron chi connectivity index (χ3n) is 7.47. The van der Waals surface area contributed by atoms with Gasteiger partial charge in [-0.05, 0) is 68.9 Å². The van der Waals surface area contributed by atoms with Gasteiger partial charge in [0.2, 0.25) is 0 Å². The van der Waals surface area contributed by atoms with Crippen LogP contribution in [0.25, 0.3) is 0 Å². The van der Waals surface area contributed by atoms with Crippen molar-refractivity contribution in [3.05, 3.63) is 0 Å². The Morgan fingerprint density at radius 3 is 2.39 bits per heavy atom. The fourth-order valence-corrected chi connectivity index (χ4v) is 6.43. The highest BCUT2D eigenvalue weighted by Crippen LogP contribution is 2.45. The molecule has 3 heteroatoms. The van der Waals surface area contributed by atoms with Crippen LogP contribution in [-0.4, -0.2) is 54.1 Å². The maximum atomic E-state index is 6.73. The van der Waals surface area contributed by atoms with Crippen LogP contribution in [0.2, 0.25) is 0 Å². The van der Waals surface area contributed by atoms with Crippen LogP contribution in [0.4, 0.5) is 0 Å². The number of fused-ring (bicyclic) bond motifs is 2. The largest absolute Gasteiger partial charge is 0.327 e. The molecular weight excluding hydrogens is 282 g/mol. The molecule has 5 rings (SSSR count). The van der Waals surface area contributed by atoms with Crippen molar-refractivity contribution in [2.24, 2.45) is 29.4 Å². The SMILES string of the molecule is CC(C)CN1CC2C3CCN(CC3)C2C1CC(N)C1CCCC1. The van der Waals surface area contributed by atoms with E-state index in [1.54, 1.807) is 0 Å². The van der Waals surface area contributed by atoms with Gasteiger partial charge in [0.15, 0.2) is 0 Å². The monoisotopic (exact) mass is 319 g/mol. The third-order valence-corrected chi connectivity index (χ3v) is 7.47. The zero-order chi connectivity index (χ0) is 16.0. The first-order chi connectivity index (χ1) is 11.1. The van der Waals surface area contributed by atoms with Gasteiger partial charge in [0.05, 0.1) is 0 Å². The zero-order valence-corrected chi connectivity index (χ0v) is 15.3. The Kier molecular flexibility index (Phi) is 4.73. The highest BCUT2D eigenvalue weighted by Gasteiger charge is 2.52. The number of piperidine rings is 3. The number of rotatable bonds is 5. The van der Waals surface area contributed by atoms with Crippen LogP contribution >= 0.6 is 0 Å². The molecule has 0 aromatic heterocycles. The number of nitrogens with zero attached hydrogens (tertiary/aromatic N) is 2. The minimum Gasteiger partial charge on any atom is -0.327 e. The molecule has 1 aliphatic carbocycles. The molecule has 5 fully saturated rings.